The minimum absolute atomic E-state index is 0.161. The van der Waals surface area contributed by atoms with Gasteiger partial charge in [-0.3, -0.25) is 14.5 Å². The standard InChI is InChI=1S/C16H12N2O4/c1-18-15(19)13(14(16(18)20)10-3-2-6-17-10)9-4-5-11-12(7-9)22-8-21-11/h2-7,17H,8H2,1H3. The average molecular weight is 296 g/mol. The fourth-order valence-electron chi connectivity index (χ4n) is 2.70. The third kappa shape index (κ3) is 1.67. The number of aromatic amines is 1. The zero-order valence-electron chi connectivity index (χ0n) is 11.8. The van der Waals surface area contributed by atoms with Crippen LogP contribution < -0.4 is 9.47 Å². The first-order valence-corrected chi connectivity index (χ1v) is 6.77. The second kappa shape index (κ2) is 4.49. The summed E-state index contributed by atoms with van der Waals surface area (Å²) in [5.74, 6) is 0.565. The van der Waals surface area contributed by atoms with Crippen LogP contribution in [-0.4, -0.2) is 35.5 Å². The fourth-order valence-corrected chi connectivity index (χ4v) is 2.70. The van der Waals surface area contributed by atoms with Crippen LogP contribution in [0.3, 0.4) is 0 Å². The lowest BCUT2D eigenvalue weighted by Crippen LogP contribution is -2.26. The van der Waals surface area contributed by atoms with Crippen LogP contribution in [0.1, 0.15) is 11.3 Å². The number of hydrogen-bond donors (Lipinski definition) is 1. The zero-order chi connectivity index (χ0) is 15.3. The SMILES string of the molecule is CN1C(=O)C(c2ccc3c(c2)OCO3)=C(c2ccc[nH]2)C1=O. The smallest absolute Gasteiger partial charge is 0.263 e. The Labute approximate surface area is 125 Å². The molecule has 1 N–H and O–H groups in total. The van der Waals surface area contributed by atoms with Crippen LogP contribution in [0.5, 0.6) is 11.5 Å². The van der Waals surface area contributed by atoms with Gasteiger partial charge >= 0.3 is 0 Å². The van der Waals surface area contributed by atoms with Crippen LogP contribution in [0.15, 0.2) is 36.5 Å². The van der Waals surface area contributed by atoms with Gasteiger partial charge in [0.1, 0.15) is 0 Å². The summed E-state index contributed by atoms with van der Waals surface area (Å²) in [5.41, 5.74) is 2.00. The molecule has 1 aromatic heterocycles. The summed E-state index contributed by atoms with van der Waals surface area (Å²) in [6.45, 7) is 0.161. The number of nitrogens with zero attached hydrogens (tertiary/aromatic N) is 1. The lowest BCUT2D eigenvalue weighted by atomic mass is 9.99. The van der Waals surface area contributed by atoms with Gasteiger partial charge in [0.15, 0.2) is 11.5 Å². The highest BCUT2D eigenvalue weighted by Gasteiger charge is 2.38. The summed E-state index contributed by atoms with van der Waals surface area (Å²) in [5, 5.41) is 0. The first-order chi connectivity index (χ1) is 10.7. The average Bonchev–Trinajstić information content (AvgIpc) is 3.23. The summed E-state index contributed by atoms with van der Waals surface area (Å²) in [6.07, 6.45) is 1.72. The van der Waals surface area contributed by atoms with Crippen LogP contribution in [0.2, 0.25) is 0 Å². The van der Waals surface area contributed by atoms with E-state index in [-0.39, 0.29) is 18.6 Å². The molecule has 2 aliphatic rings. The van der Waals surface area contributed by atoms with Crippen molar-refractivity contribution in [1.29, 1.82) is 0 Å². The second-order valence-corrected chi connectivity index (χ2v) is 5.07. The Morgan fingerprint density at radius 2 is 1.82 bits per heavy atom. The van der Waals surface area contributed by atoms with Gasteiger partial charge in [0.25, 0.3) is 11.8 Å². The highest BCUT2D eigenvalue weighted by molar-refractivity contribution is 6.48. The highest BCUT2D eigenvalue weighted by Crippen LogP contribution is 2.39. The Balaban J connectivity index is 1.93. The number of ether oxygens (including phenoxy) is 2. The van der Waals surface area contributed by atoms with E-state index in [1.807, 2.05) is 0 Å². The largest absolute Gasteiger partial charge is 0.454 e. The Morgan fingerprint density at radius 3 is 2.59 bits per heavy atom. The molecule has 0 atom stereocenters. The van der Waals surface area contributed by atoms with Crippen molar-refractivity contribution in [3.8, 4) is 11.5 Å². The number of H-pyrrole nitrogens is 1. The van der Waals surface area contributed by atoms with Gasteiger partial charge in [-0.25, -0.2) is 0 Å². The fraction of sp³-hybridized carbons (Fsp3) is 0.125. The molecule has 3 heterocycles. The van der Waals surface area contributed by atoms with E-state index in [4.69, 9.17) is 9.47 Å². The lowest BCUT2D eigenvalue weighted by Gasteiger charge is -2.07. The van der Waals surface area contributed by atoms with Crippen molar-refractivity contribution in [2.45, 2.75) is 0 Å². The number of likely N-dealkylation sites (N-methyl/N-ethyl adjacent to an activating group) is 1. The third-order valence-electron chi connectivity index (χ3n) is 3.82. The number of carbonyl (C=O) groups excluding carboxylic acids is 2. The Bertz CT molecular complexity index is 821. The van der Waals surface area contributed by atoms with Gasteiger partial charge in [-0.05, 0) is 29.8 Å². The number of benzene rings is 1. The molecule has 1 aromatic carbocycles. The number of amides is 2. The number of imide groups is 1. The predicted molar refractivity (Wildman–Crippen MR) is 77.9 cm³/mol. The van der Waals surface area contributed by atoms with Crippen LogP contribution in [-0.2, 0) is 9.59 Å². The number of rotatable bonds is 2. The second-order valence-electron chi connectivity index (χ2n) is 5.07. The summed E-state index contributed by atoms with van der Waals surface area (Å²) < 4.78 is 10.6. The van der Waals surface area contributed by atoms with Crippen molar-refractivity contribution in [2.75, 3.05) is 13.8 Å². The molecule has 0 bridgehead atoms. The maximum absolute atomic E-state index is 12.5. The summed E-state index contributed by atoms with van der Waals surface area (Å²) >= 11 is 0. The monoisotopic (exact) mass is 296 g/mol. The molecule has 4 rings (SSSR count). The topological polar surface area (TPSA) is 71.6 Å². The summed E-state index contributed by atoms with van der Waals surface area (Å²) in [6, 6.07) is 8.79. The summed E-state index contributed by atoms with van der Waals surface area (Å²) in [4.78, 5) is 29.0. The Kier molecular flexibility index (Phi) is 2.59. The number of carbonyl (C=O) groups is 2. The van der Waals surface area contributed by atoms with Crippen molar-refractivity contribution < 1.29 is 19.1 Å². The number of aromatic nitrogens is 1. The van der Waals surface area contributed by atoms with Gasteiger partial charge in [0.2, 0.25) is 6.79 Å². The van der Waals surface area contributed by atoms with E-state index in [9.17, 15) is 9.59 Å². The predicted octanol–water partition coefficient (Wildman–Crippen LogP) is 1.65. The molecule has 2 amide bonds. The van der Waals surface area contributed by atoms with Gasteiger partial charge in [-0.1, -0.05) is 6.07 Å². The van der Waals surface area contributed by atoms with E-state index in [1.165, 1.54) is 7.05 Å². The van der Waals surface area contributed by atoms with E-state index >= 15 is 0 Å². The molecule has 0 radical (unpaired) electrons. The maximum atomic E-state index is 12.5. The van der Waals surface area contributed by atoms with E-state index in [0.29, 0.717) is 33.9 Å². The molecule has 22 heavy (non-hydrogen) atoms. The minimum atomic E-state index is -0.325. The number of nitrogens with one attached hydrogen (secondary N) is 1. The van der Waals surface area contributed by atoms with Gasteiger partial charge in [0.05, 0.1) is 16.8 Å². The van der Waals surface area contributed by atoms with Crippen LogP contribution >= 0.6 is 0 Å². The maximum Gasteiger partial charge on any atom is 0.263 e. The molecular weight excluding hydrogens is 284 g/mol. The summed E-state index contributed by atoms with van der Waals surface area (Å²) in [7, 11) is 1.48. The molecule has 0 saturated heterocycles. The van der Waals surface area contributed by atoms with Gasteiger partial charge in [0, 0.05) is 13.2 Å². The van der Waals surface area contributed by atoms with Crippen molar-refractivity contribution >= 4 is 23.0 Å². The van der Waals surface area contributed by atoms with E-state index in [0.717, 1.165) is 4.90 Å². The minimum Gasteiger partial charge on any atom is -0.454 e. The van der Waals surface area contributed by atoms with Crippen molar-refractivity contribution in [2.24, 2.45) is 0 Å². The molecule has 110 valence electrons. The van der Waals surface area contributed by atoms with E-state index in [2.05, 4.69) is 4.98 Å². The van der Waals surface area contributed by atoms with Gasteiger partial charge in [-0.15, -0.1) is 0 Å². The van der Waals surface area contributed by atoms with Crippen LogP contribution in [0, 0.1) is 0 Å². The molecule has 6 nitrogen and oxygen atoms in total. The first kappa shape index (κ1) is 12.7. The zero-order valence-corrected chi connectivity index (χ0v) is 11.8. The van der Waals surface area contributed by atoms with Crippen molar-refractivity contribution in [3.05, 3.63) is 47.8 Å². The van der Waals surface area contributed by atoms with Crippen LogP contribution in [0.25, 0.3) is 11.1 Å². The van der Waals surface area contributed by atoms with Crippen molar-refractivity contribution in [1.82, 2.24) is 9.88 Å². The molecule has 2 aromatic rings. The van der Waals surface area contributed by atoms with Crippen LogP contribution in [0.4, 0.5) is 0 Å². The Hall–Kier alpha value is -3.02. The quantitative estimate of drug-likeness (QED) is 0.855. The molecule has 0 fully saturated rings. The molecule has 2 aliphatic heterocycles. The molecule has 0 aliphatic carbocycles. The third-order valence-corrected chi connectivity index (χ3v) is 3.82. The number of fused-ring (bicyclic) bond motifs is 1. The van der Waals surface area contributed by atoms with Gasteiger partial charge in [-0.2, -0.15) is 0 Å². The molecule has 0 spiro atoms. The van der Waals surface area contributed by atoms with E-state index < -0.39 is 0 Å². The molecule has 0 saturated carbocycles. The van der Waals surface area contributed by atoms with E-state index in [1.54, 1.807) is 36.5 Å². The molecule has 0 unspecified atom stereocenters. The number of hydrogen-bond acceptors (Lipinski definition) is 4. The highest BCUT2D eigenvalue weighted by atomic mass is 16.7. The normalized spacial score (nSPS) is 16.9. The molecular formula is C16H12N2O4. The van der Waals surface area contributed by atoms with Gasteiger partial charge < -0.3 is 14.5 Å². The van der Waals surface area contributed by atoms with Crippen molar-refractivity contribution in [3.63, 3.8) is 0 Å². The molecule has 6 heteroatoms. The lowest BCUT2D eigenvalue weighted by molar-refractivity contribution is -0.134. The Morgan fingerprint density at radius 1 is 1.05 bits per heavy atom. The first-order valence-electron chi connectivity index (χ1n) is 6.77.